The largest absolute Gasteiger partial charge is 0.496 e. The molecule has 0 aliphatic rings. The summed E-state index contributed by atoms with van der Waals surface area (Å²) in [6.45, 7) is 6.20. The van der Waals surface area contributed by atoms with E-state index in [4.69, 9.17) is 9.88 Å². The van der Waals surface area contributed by atoms with E-state index < -0.39 is 10.0 Å². The van der Waals surface area contributed by atoms with E-state index in [9.17, 15) is 8.42 Å². The fraction of sp³-hybridized carbons (Fsp3) is 0.333. The Kier molecular flexibility index (Phi) is 5.32. The number of nitrogens with two attached hydrogens (primary N) is 1. The van der Waals surface area contributed by atoms with E-state index >= 15 is 0 Å². The zero-order chi connectivity index (χ0) is 18.0. The molecule has 0 radical (unpaired) electrons. The number of hydrogen-bond acceptors (Lipinski definition) is 4. The number of hydrogen-bond donors (Lipinski definition) is 2. The highest BCUT2D eigenvalue weighted by Crippen LogP contribution is 2.31. The van der Waals surface area contributed by atoms with Gasteiger partial charge in [0.15, 0.2) is 0 Å². The average Bonchev–Trinajstić information content (AvgIpc) is 2.53. The quantitative estimate of drug-likeness (QED) is 0.841. The molecule has 0 spiro atoms. The Bertz CT molecular complexity index is 799. The summed E-state index contributed by atoms with van der Waals surface area (Å²) < 4.78 is 28.1. The number of benzene rings is 2. The molecule has 2 rings (SSSR count). The van der Waals surface area contributed by atoms with Gasteiger partial charge in [0.1, 0.15) is 5.75 Å². The Balaban J connectivity index is 2.23. The van der Waals surface area contributed by atoms with E-state index in [0.717, 1.165) is 16.9 Å². The summed E-state index contributed by atoms with van der Waals surface area (Å²) in [5.74, 6) is 0.826. The number of methoxy groups -OCH3 is 1. The van der Waals surface area contributed by atoms with Crippen LogP contribution >= 0.6 is 0 Å². The standard InChI is InChI=1S/C18H24N2O3S/c1-13(14-9-11-15(12-10-14)24(19,21)22)20-18(2,3)16-7-5-6-8-17(16)23-4/h5-13,20H,1-4H3,(H2,19,21,22)/t13-/m0/s1. The van der Waals surface area contributed by atoms with Crippen LogP contribution in [-0.2, 0) is 15.6 Å². The maximum Gasteiger partial charge on any atom is 0.238 e. The average molecular weight is 348 g/mol. The summed E-state index contributed by atoms with van der Waals surface area (Å²) >= 11 is 0. The van der Waals surface area contributed by atoms with E-state index in [1.165, 1.54) is 12.1 Å². The van der Waals surface area contributed by atoms with Crippen molar-refractivity contribution in [3.63, 3.8) is 0 Å². The van der Waals surface area contributed by atoms with Gasteiger partial charge in [0.2, 0.25) is 10.0 Å². The molecule has 2 aromatic rings. The summed E-state index contributed by atoms with van der Waals surface area (Å²) in [5, 5.41) is 8.70. The van der Waals surface area contributed by atoms with E-state index in [1.807, 2.05) is 31.2 Å². The van der Waals surface area contributed by atoms with Gasteiger partial charge in [0.05, 0.1) is 12.0 Å². The maximum absolute atomic E-state index is 11.3. The molecule has 0 bridgehead atoms. The number of primary sulfonamides is 1. The lowest BCUT2D eigenvalue weighted by Crippen LogP contribution is -2.38. The predicted molar refractivity (Wildman–Crippen MR) is 95.4 cm³/mol. The Morgan fingerprint density at radius 2 is 1.67 bits per heavy atom. The third-order valence-corrected chi connectivity index (χ3v) is 5.00. The Hall–Kier alpha value is -1.89. The van der Waals surface area contributed by atoms with Crippen molar-refractivity contribution >= 4 is 10.0 Å². The maximum atomic E-state index is 11.3. The summed E-state index contributed by atoms with van der Waals surface area (Å²) in [6.07, 6.45) is 0. The van der Waals surface area contributed by atoms with Gasteiger partial charge >= 0.3 is 0 Å². The molecule has 0 aliphatic carbocycles. The van der Waals surface area contributed by atoms with Gasteiger partial charge in [-0.1, -0.05) is 30.3 Å². The molecule has 0 aliphatic heterocycles. The molecule has 3 N–H and O–H groups in total. The zero-order valence-electron chi connectivity index (χ0n) is 14.4. The van der Waals surface area contributed by atoms with Crippen LogP contribution in [0.25, 0.3) is 0 Å². The lowest BCUT2D eigenvalue weighted by molar-refractivity contribution is 0.333. The third-order valence-electron chi connectivity index (χ3n) is 4.07. The normalized spacial score (nSPS) is 13.5. The van der Waals surface area contributed by atoms with Crippen LogP contribution in [0.2, 0.25) is 0 Å². The molecule has 0 saturated carbocycles. The molecule has 0 amide bonds. The Labute approximate surface area is 143 Å². The summed E-state index contributed by atoms with van der Waals surface area (Å²) in [7, 11) is -2.01. The van der Waals surface area contributed by atoms with Crippen molar-refractivity contribution in [3.8, 4) is 5.75 Å². The van der Waals surface area contributed by atoms with Crippen LogP contribution in [0, 0.1) is 0 Å². The monoisotopic (exact) mass is 348 g/mol. The van der Waals surface area contributed by atoms with Gasteiger partial charge < -0.3 is 10.1 Å². The molecule has 5 nitrogen and oxygen atoms in total. The molecule has 0 heterocycles. The van der Waals surface area contributed by atoms with E-state index in [2.05, 4.69) is 19.2 Å². The summed E-state index contributed by atoms with van der Waals surface area (Å²) in [6, 6.07) is 14.5. The lowest BCUT2D eigenvalue weighted by Gasteiger charge is -2.32. The first-order valence-corrected chi connectivity index (χ1v) is 9.24. The number of nitrogens with one attached hydrogen (secondary N) is 1. The van der Waals surface area contributed by atoms with E-state index in [1.54, 1.807) is 19.2 Å². The molecular formula is C18H24N2O3S. The van der Waals surface area contributed by atoms with Crippen molar-refractivity contribution in [2.45, 2.75) is 37.2 Å². The van der Waals surface area contributed by atoms with Crippen LogP contribution in [0.15, 0.2) is 53.4 Å². The molecular weight excluding hydrogens is 324 g/mol. The second-order valence-corrected chi connectivity index (χ2v) is 7.87. The molecule has 0 saturated heterocycles. The van der Waals surface area contributed by atoms with Gasteiger partial charge in [0.25, 0.3) is 0 Å². The number of sulfonamides is 1. The predicted octanol–water partition coefficient (Wildman–Crippen LogP) is 2.93. The third kappa shape index (κ3) is 4.14. The zero-order valence-corrected chi connectivity index (χ0v) is 15.2. The minimum Gasteiger partial charge on any atom is -0.496 e. The summed E-state index contributed by atoms with van der Waals surface area (Å²) in [4.78, 5) is 0.113. The fourth-order valence-corrected chi connectivity index (χ4v) is 3.32. The van der Waals surface area contributed by atoms with Crippen LogP contribution in [0.3, 0.4) is 0 Å². The minimum absolute atomic E-state index is 0.0134. The molecule has 2 aromatic carbocycles. The highest BCUT2D eigenvalue weighted by Gasteiger charge is 2.26. The fourth-order valence-electron chi connectivity index (χ4n) is 2.81. The van der Waals surface area contributed by atoms with Crippen molar-refractivity contribution in [2.75, 3.05) is 7.11 Å². The van der Waals surface area contributed by atoms with Crippen LogP contribution in [-0.4, -0.2) is 15.5 Å². The first-order chi connectivity index (χ1) is 11.1. The van der Waals surface area contributed by atoms with E-state index in [0.29, 0.717) is 0 Å². The first-order valence-electron chi connectivity index (χ1n) is 7.69. The van der Waals surface area contributed by atoms with E-state index in [-0.39, 0.29) is 16.5 Å². The smallest absolute Gasteiger partial charge is 0.238 e. The van der Waals surface area contributed by atoms with Crippen molar-refractivity contribution in [3.05, 3.63) is 59.7 Å². The highest BCUT2D eigenvalue weighted by atomic mass is 32.2. The van der Waals surface area contributed by atoms with Gasteiger partial charge in [-0.3, -0.25) is 0 Å². The molecule has 0 aromatic heterocycles. The SMILES string of the molecule is COc1ccccc1C(C)(C)N[C@@H](C)c1ccc(S(N)(=O)=O)cc1. The molecule has 0 fully saturated rings. The second-order valence-electron chi connectivity index (χ2n) is 6.31. The molecule has 6 heteroatoms. The van der Waals surface area contributed by atoms with Gasteiger partial charge in [-0.05, 0) is 44.5 Å². The molecule has 24 heavy (non-hydrogen) atoms. The highest BCUT2D eigenvalue weighted by molar-refractivity contribution is 7.89. The summed E-state index contributed by atoms with van der Waals surface area (Å²) in [5.41, 5.74) is 1.70. The molecule has 0 unspecified atom stereocenters. The lowest BCUT2D eigenvalue weighted by atomic mass is 9.91. The van der Waals surface area contributed by atoms with Gasteiger partial charge in [-0.2, -0.15) is 0 Å². The Morgan fingerprint density at radius 1 is 1.08 bits per heavy atom. The topological polar surface area (TPSA) is 81.4 Å². The van der Waals surface area contributed by atoms with Gasteiger partial charge in [-0.15, -0.1) is 0 Å². The molecule has 130 valence electrons. The van der Waals surface area contributed by atoms with Crippen molar-refractivity contribution in [1.29, 1.82) is 0 Å². The second kappa shape index (κ2) is 6.93. The minimum atomic E-state index is -3.67. The molecule has 1 atom stereocenters. The van der Waals surface area contributed by atoms with Gasteiger partial charge in [-0.25, -0.2) is 13.6 Å². The van der Waals surface area contributed by atoms with Gasteiger partial charge in [0, 0.05) is 17.1 Å². The first kappa shape index (κ1) is 18.4. The number of ether oxygens (including phenoxy) is 1. The number of rotatable bonds is 6. The number of para-hydroxylation sites is 1. The van der Waals surface area contributed by atoms with Crippen molar-refractivity contribution in [1.82, 2.24) is 5.32 Å². The van der Waals surface area contributed by atoms with Crippen LogP contribution in [0.5, 0.6) is 5.75 Å². The van der Waals surface area contributed by atoms with Crippen molar-refractivity contribution < 1.29 is 13.2 Å². The van der Waals surface area contributed by atoms with Crippen LogP contribution in [0.1, 0.15) is 37.9 Å². The van der Waals surface area contributed by atoms with Crippen molar-refractivity contribution in [2.24, 2.45) is 5.14 Å². The van der Waals surface area contributed by atoms with Crippen LogP contribution < -0.4 is 15.2 Å². The Morgan fingerprint density at radius 3 is 2.21 bits per heavy atom. The van der Waals surface area contributed by atoms with Crippen LogP contribution in [0.4, 0.5) is 0 Å².